The summed E-state index contributed by atoms with van der Waals surface area (Å²) in [5.41, 5.74) is 4.50. The van der Waals surface area contributed by atoms with Gasteiger partial charge in [-0.15, -0.1) is 11.3 Å². The minimum absolute atomic E-state index is 0.00519. The van der Waals surface area contributed by atoms with Crippen LogP contribution in [0, 0.1) is 0 Å². The highest BCUT2D eigenvalue weighted by Crippen LogP contribution is 2.42. The van der Waals surface area contributed by atoms with E-state index < -0.39 is 5.41 Å². The molecule has 0 fully saturated rings. The molecule has 0 radical (unpaired) electrons. The van der Waals surface area contributed by atoms with Crippen molar-refractivity contribution < 1.29 is 14.4 Å². The number of rotatable bonds is 5. The van der Waals surface area contributed by atoms with E-state index in [1.165, 1.54) is 11.3 Å². The van der Waals surface area contributed by atoms with Crippen LogP contribution >= 0.6 is 11.3 Å². The molecule has 1 aliphatic rings. The van der Waals surface area contributed by atoms with Gasteiger partial charge in [-0.1, -0.05) is 39.0 Å². The van der Waals surface area contributed by atoms with Gasteiger partial charge in [-0.05, 0) is 54.7 Å². The molecule has 0 spiro atoms. The average Bonchev–Trinajstić information content (AvgIpc) is 3.34. The van der Waals surface area contributed by atoms with Crippen molar-refractivity contribution in [3.63, 3.8) is 0 Å². The Kier molecular flexibility index (Phi) is 6.27. The highest BCUT2D eigenvalue weighted by molar-refractivity contribution is 7.14. The van der Waals surface area contributed by atoms with E-state index in [0.29, 0.717) is 16.4 Å². The number of anilines is 2. The molecule has 2 heterocycles. The smallest absolute Gasteiger partial charge is 0.251 e. The summed E-state index contributed by atoms with van der Waals surface area (Å²) in [7, 11) is 1.78. The molecule has 0 unspecified atom stereocenters. The van der Waals surface area contributed by atoms with Gasteiger partial charge in [0.25, 0.3) is 5.91 Å². The predicted octanol–water partition coefficient (Wildman–Crippen LogP) is 4.73. The van der Waals surface area contributed by atoms with Gasteiger partial charge in [-0.25, -0.2) is 4.98 Å². The van der Waals surface area contributed by atoms with Gasteiger partial charge in [-0.3, -0.25) is 14.4 Å². The monoisotopic (exact) mass is 490 g/mol. The zero-order chi connectivity index (χ0) is 25.5. The lowest BCUT2D eigenvalue weighted by Crippen LogP contribution is -2.33. The van der Waals surface area contributed by atoms with Crippen molar-refractivity contribution in [2.75, 3.05) is 23.8 Å². The molecular weight excluding hydrogens is 460 g/mol. The van der Waals surface area contributed by atoms with E-state index in [9.17, 15) is 14.4 Å². The standard InChI is InChI=1S/C27H30N4O3S/c1-26(2,3)18-10-7-16(8-11-18)23(33)28-14-22(32)30-25-29-20(15-35-25)17-9-12-21-19(13-17)27(4,5)24(34)31(21)6/h7-13,15H,14H2,1-6H3,(H,28,33)(H,29,30,32). The first-order chi connectivity index (χ1) is 16.4. The van der Waals surface area contributed by atoms with Crippen LogP contribution < -0.4 is 15.5 Å². The summed E-state index contributed by atoms with van der Waals surface area (Å²) in [6.07, 6.45) is 0. The molecule has 0 atom stereocenters. The van der Waals surface area contributed by atoms with Gasteiger partial charge < -0.3 is 15.5 Å². The van der Waals surface area contributed by atoms with Gasteiger partial charge in [0.1, 0.15) is 0 Å². The van der Waals surface area contributed by atoms with Crippen LogP contribution in [-0.2, 0) is 20.4 Å². The van der Waals surface area contributed by atoms with Crippen molar-refractivity contribution in [1.29, 1.82) is 0 Å². The molecule has 7 nitrogen and oxygen atoms in total. The van der Waals surface area contributed by atoms with Crippen molar-refractivity contribution >= 4 is 39.9 Å². The minimum atomic E-state index is -0.599. The van der Waals surface area contributed by atoms with Crippen molar-refractivity contribution in [2.45, 2.75) is 45.4 Å². The number of carbonyl (C=O) groups is 3. The number of carbonyl (C=O) groups excluding carboxylic acids is 3. The second-order valence-corrected chi connectivity index (χ2v) is 11.2. The average molecular weight is 491 g/mol. The Morgan fingerprint density at radius 3 is 2.43 bits per heavy atom. The van der Waals surface area contributed by atoms with Crippen LogP contribution in [0.3, 0.4) is 0 Å². The number of aromatic nitrogens is 1. The third kappa shape index (κ3) is 4.84. The van der Waals surface area contributed by atoms with Crippen LogP contribution in [0.5, 0.6) is 0 Å². The number of fused-ring (bicyclic) bond motifs is 1. The van der Waals surface area contributed by atoms with E-state index in [1.54, 1.807) is 24.1 Å². The number of nitrogens with zero attached hydrogens (tertiary/aromatic N) is 2. The Labute approximate surface area is 209 Å². The highest BCUT2D eigenvalue weighted by atomic mass is 32.1. The first-order valence-electron chi connectivity index (χ1n) is 11.4. The molecule has 2 aromatic carbocycles. The van der Waals surface area contributed by atoms with Gasteiger partial charge in [0.05, 0.1) is 17.7 Å². The Bertz CT molecular complexity index is 1300. The fraction of sp³-hybridized carbons (Fsp3) is 0.333. The molecule has 2 N–H and O–H groups in total. The van der Waals surface area contributed by atoms with E-state index in [2.05, 4.69) is 36.4 Å². The lowest BCUT2D eigenvalue weighted by Gasteiger charge is -2.19. The van der Waals surface area contributed by atoms with E-state index in [-0.39, 0.29) is 29.7 Å². The molecule has 0 bridgehead atoms. The SMILES string of the molecule is CN1C(=O)C(C)(C)c2cc(-c3csc(NC(=O)CNC(=O)c4ccc(C(C)(C)C)cc4)n3)ccc21. The first-order valence-corrected chi connectivity index (χ1v) is 12.3. The van der Waals surface area contributed by atoms with Gasteiger partial charge in [0.15, 0.2) is 5.13 Å². The molecule has 0 aliphatic carbocycles. The molecule has 8 heteroatoms. The molecule has 1 aromatic heterocycles. The number of hydrogen-bond donors (Lipinski definition) is 2. The maximum Gasteiger partial charge on any atom is 0.251 e. The summed E-state index contributed by atoms with van der Waals surface area (Å²) in [5.74, 6) is -0.600. The lowest BCUT2D eigenvalue weighted by atomic mass is 9.85. The highest BCUT2D eigenvalue weighted by Gasteiger charge is 2.42. The fourth-order valence-corrected chi connectivity index (χ4v) is 4.88. The number of thiazole rings is 1. The maximum absolute atomic E-state index is 12.5. The molecule has 182 valence electrons. The molecule has 0 saturated heterocycles. The lowest BCUT2D eigenvalue weighted by molar-refractivity contribution is -0.121. The minimum Gasteiger partial charge on any atom is -0.343 e. The van der Waals surface area contributed by atoms with E-state index in [1.807, 2.05) is 49.6 Å². The Morgan fingerprint density at radius 2 is 1.77 bits per heavy atom. The number of benzene rings is 2. The third-order valence-corrected chi connectivity index (χ3v) is 7.10. The third-order valence-electron chi connectivity index (χ3n) is 6.34. The molecule has 3 aromatic rings. The zero-order valence-corrected chi connectivity index (χ0v) is 21.7. The van der Waals surface area contributed by atoms with E-state index in [0.717, 1.165) is 22.4 Å². The van der Waals surface area contributed by atoms with Crippen LogP contribution in [-0.4, -0.2) is 36.3 Å². The second kappa shape index (κ2) is 8.92. The predicted molar refractivity (Wildman–Crippen MR) is 140 cm³/mol. The first kappa shape index (κ1) is 24.6. The molecule has 0 saturated carbocycles. The van der Waals surface area contributed by atoms with Crippen LogP contribution in [0.1, 0.15) is 56.1 Å². The Balaban J connectivity index is 1.37. The van der Waals surface area contributed by atoms with Gasteiger partial charge in [0, 0.05) is 29.2 Å². The largest absolute Gasteiger partial charge is 0.343 e. The second-order valence-electron chi connectivity index (χ2n) is 10.3. The summed E-state index contributed by atoms with van der Waals surface area (Å²) in [6.45, 7) is 10.0. The topological polar surface area (TPSA) is 91.4 Å². The zero-order valence-electron chi connectivity index (χ0n) is 20.9. The molecule has 35 heavy (non-hydrogen) atoms. The van der Waals surface area contributed by atoms with E-state index >= 15 is 0 Å². The number of amides is 3. The summed E-state index contributed by atoms with van der Waals surface area (Å²) < 4.78 is 0. The van der Waals surface area contributed by atoms with Crippen LogP contribution in [0.15, 0.2) is 47.8 Å². The van der Waals surface area contributed by atoms with Gasteiger partial charge >= 0.3 is 0 Å². The quantitative estimate of drug-likeness (QED) is 0.541. The summed E-state index contributed by atoms with van der Waals surface area (Å²) in [4.78, 5) is 43.6. The summed E-state index contributed by atoms with van der Waals surface area (Å²) in [6, 6.07) is 13.2. The maximum atomic E-state index is 12.5. The molecule has 4 rings (SSSR count). The van der Waals surface area contributed by atoms with Crippen LogP contribution in [0.4, 0.5) is 10.8 Å². The van der Waals surface area contributed by atoms with Crippen LogP contribution in [0.2, 0.25) is 0 Å². The number of nitrogens with one attached hydrogen (secondary N) is 2. The molecule has 1 aliphatic heterocycles. The fourth-order valence-electron chi connectivity index (χ4n) is 4.14. The normalized spacial score (nSPS) is 14.6. The Hall–Kier alpha value is -3.52. The van der Waals surface area contributed by atoms with Crippen molar-refractivity contribution in [1.82, 2.24) is 10.3 Å². The number of likely N-dealkylation sites (N-methyl/N-ethyl adjacent to an activating group) is 1. The van der Waals surface area contributed by atoms with Gasteiger partial charge in [0.2, 0.25) is 11.8 Å². The van der Waals surface area contributed by atoms with Crippen molar-refractivity contribution in [2.24, 2.45) is 0 Å². The van der Waals surface area contributed by atoms with E-state index in [4.69, 9.17) is 0 Å². The Morgan fingerprint density at radius 1 is 1.09 bits per heavy atom. The van der Waals surface area contributed by atoms with Crippen molar-refractivity contribution in [3.05, 3.63) is 64.5 Å². The van der Waals surface area contributed by atoms with Crippen LogP contribution in [0.25, 0.3) is 11.3 Å². The summed E-state index contributed by atoms with van der Waals surface area (Å²) in [5, 5.41) is 7.70. The van der Waals surface area contributed by atoms with Gasteiger partial charge in [-0.2, -0.15) is 0 Å². The summed E-state index contributed by atoms with van der Waals surface area (Å²) >= 11 is 1.31. The molecule has 3 amide bonds. The molecular formula is C27H30N4O3S. The van der Waals surface area contributed by atoms with Crippen molar-refractivity contribution in [3.8, 4) is 11.3 Å². The number of hydrogen-bond acceptors (Lipinski definition) is 5.